The Morgan fingerprint density at radius 1 is 0.667 bits per heavy atom. The summed E-state index contributed by atoms with van der Waals surface area (Å²) in [6, 6.07) is 0. The van der Waals surface area contributed by atoms with E-state index in [-0.39, 0.29) is 10.8 Å². The van der Waals surface area contributed by atoms with Crippen LogP contribution >= 0.6 is 0 Å². The third-order valence-corrected chi connectivity index (χ3v) is 4.82. The van der Waals surface area contributed by atoms with Gasteiger partial charge in [0.2, 0.25) is 5.91 Å². The molecule has 0 aromatic heterocycles. The van der Waals surface area contributed by atoms with Gasteiger partial charge in [-0.1, -0.05) is 90.0 Å². The highest BCUT2D eigenvalue weighted by Crippen LogP contribution is 2.36. The quantitative estimate of drug-likeness (QED) is 0.428. The smallest absolute Gasteiger partial charge is 0.228 e. The molecule has 2 heteroatoms. The summed E-state index contributed by atoms with van der Waals surface area (Å²) in [6.45, 7) is 31.1. The largest absolute Gasteiger partial charge is 0.342 e. The molecule has 27 heavy (non-hydrogen) atoms. The van der Waals surface area contributed by atoms with Crippen LogP contribution in [-0.2, 0) is 4.79 Å². The fourth-order valence-electron chi connectivity index (χ4n) is 5.04. The minimum absolute atomic E-state index is 0.152. The third kappa shape index (κ3) is 12.5. The van der Waals surface area contributed by atoms with E-state index in [9.17, 15) is 4.79 Å². The van der Waals surface area contributed by atoms with Gasteiger partial charge in [0, 0.05) is 18.5 Å². The molecular weight excluding hydrogens is 330 g/mol. The highest BCUT2D eigenvalue weighted by molar-refractivity contribution is 5.82. The summed E-state index contributed by atoms with van der Waals surface area (Å²) in [5, 5.41) is 0. The van der Waals surface area contributed by atoms with Gasteiger partial charge in [0.1, 0.15) is 0 Å². The predicted molar refractivity (Wildman–Crippen MR) is 121 cm³/mol. The maximum Gasteiger partial charge on any atom is 0.228 e. The summed E-state index contributed by atoms with van der Waals surface area (Å²) in [6.07, 6.45) is 3.20. The fourth-order valence-corrected chi connectivity index (χ4v) is 5.04. The maximum absolute atomic E-state index is 13.6. The summed E-state index contributed by atoms with van der Waals surface area (Å²) >= 11 is 0. The van der Waals surface area contributed by atoms with Crippen LogP contribution in [0, 0.1) is 33.5 Å². The van der Waals surface area contributed by atoms with Crippen LogP contribution in [0.1, 0.15) is 109 Å². The SMILES string of the molecule is CC(CN(CC(C)CC(C)(C)C)C(=O)C(C)(C)CC(C)(C)C)CC(C)(C)C. The van der Waals surface area contributed by atoms with Crippen molar-refractivity contribution < 1.29 is 4.79 Å². The Bertz CT molecular complexity index is 432. The first-order chi connectivity index (χ1) is 11.7. The van der Waals surface area contributed by atoms with E-state index in [0.717, 1.165) is 32.4 Å². The van der Waals surface area contributed by atoms with Crippen molar-refractivity contribution in [2.45, 2.75) is 109 Å². The van der Waals surface area contributed by atoms with Gasteiger partial charge in [0.15, 0.2) is 0 Å². The number of nitrogens with zero attached hydrogens (tertiary/aromatic N) is 1. The van der Waals surface area contributed by atoms with E-state index in [1.807, 2.05) is 0 Å². The van der Waals surface area contributed by atoms with Crippen molar-refractivity contribution in [3.05, 3.63) is 0 Å². The summed E-state index contributed by atoms with van der Waals surface area (Å²) in [5.74, 6) is 1.36. The Kier molecular flexibility index (Phi) is 9.13. The topological polar surface area (TPSA) is 20.3 Å². The van der Waals surface area contributed by atoms with Crippen LogP contribution in [0.2, 0.25) is 0 Å². The normalized spacial score (nSPS) is 16.2. The second-order valence-corrected chi connectivity index (χ2v) is 13.6. The maximum atomic E-state index is 13.6. The molecule has 0 aliphatic rings. The van der Waals surface area contributed by atoms with Gasteiger partial charge in [0.25, 0.3) is 0 Å². The molecule has 0 aromatic carbocycles. The standard InChI is InChI=1S/C25H51NO/c1-19(14-22(3,4)5)16-26(17-20(2)15-23(6,7)8)21(27)25(12,13)18-24(9,10)11/h19-20H,14-18H2,1-13H3. The number of hydrogen-bond donors (Lipinski definition) is 0. The first-order valence-electron chi connectivity index (χ1n) is 11.0. The molecule has 2 nitrogen and oxygen atoms in total. The molecule has 0 saturated heterocycles. The molecule has 0 fully saturated rings. The van der Waals surface area contributed by atoms with Crippen LogP contribution in [0.5, 0.6) is 0 Å². The van der Waals surface area contributed by atoms with Gasteiger partial charge in [0.05, 0.1) is 0 Å². The minimum Gasteiger partial charge on any atom is -0.342 e. The lowest BCUT2D eigenvalue weighted by Gasteiger charge is -2.39. The van der Waals surface area contributed by atoms with Crippen LogP contribution in [0.15, 0.2) is 0 Å². The third-order valence-electron chi connectivity index (χ3n) is 4.82. The van der Waals surface area contributed by atoms with E-state index in [2.05, 4.69) is 94.9 Å². The highest BCUT2D eigenvalue weighted by atomic mass is 16.2. The Morgan fingerprint density at radius 3 is 1.26 bits per heavy atom. The van der Waals surface area contributed by atoms with Crippen molar-refractivity contribution in [2.24, 2.45) is 33.5 Å². The lowest BCUT2D eigenvalue weighted by atomic mass is 9.75. The first-order valence-corrected chi connectivity index (χ1v) is 11.0. The van der Waals surface area contributed by atoms with E-state index in [0.29, 0.717) is 28.6 Å². The minimum atomic E-state index is -0.318. The average Bonchev–Trinajstić information content (AvgIpc) is 2.28. The molecule has 2 unspecified atom stereocenters. The zero-order valence-electron chi connectivity index (χ0n) is 21.0. The van der Waals surface area contributed by atoms with E-state index in [1.165, 1.54) is 0 Å². The van der Waals surface area contributed by atoms with E-state index in [4.69, 9.17) is 0 Å². The number of rotatable bonds is 8. The number of carbonyl (C=O) groups is 1. The van der Waals surface area contributed by atoms with Crippen LogP contribution < -0.4 is 0 Å². The number of amides is 1. The van der Waals surface area contributed by atoms with Crippen LogP contribution in [-0.4, -0.2) is 23.9 Å². The molecule has 0 aromatic rings. The zero-order chi connectivity index (χ0) is 21.8. The molecule has 0 spiro atoms. The summed E-state index contributed by atoms with van der Waals surface area (Å²) < 4.78 is 0. The van der Waals surface area contributed by atoms with Gasteiger partial charge in [-0.15, -0.1) is 0 Å². The average molecular weight is 382 g/mol. The van der Waals surface area contributed by atoms with Gasteiger partial charge >= 0.3 is 0 Å². The zero-order valence-corrected chi connectivity index (χ0v) is 21.0. The van der Waals surface area contributed by atoms with E-state index < -0.39 is 0 Å². The summed E-state index contributed by atoms with van der Waals surface area (Å²) in [7, 11) is 0. The number of hydrogen-bond acceptors (Lipinski definition) is 1. The molecule has 0 bridgehead atoms. The molecule has 0 N–H and O–H groups in total. The molecule has 162 valence electrons. The van der Waals surface area contributed by atoms with Crippen molar-refractivity contribution in [1.82, 2.24) is 4.90 Å². The lowest BCUT2D eigenvalue weighted by Crippen LogP contribution is -2.46. The van der Waals surface area contributed by atoms with E-state index >= 15 is 0 Å². The van der Waals surface area contributed by atoms with Crippen LogP contribution in [0.4, 0.5) is 0 Å². The van der Waals surface area contributed by atoms with Crippen LogP contribution in [0.3, 0.4) is 0 Å². The number of carbonyl (C=O) groups excluding carboxylic acids is 1. The van der Waals surface area contributed by atoms with Gasteiger partial charge in [-0.25, -0.2) is 0 Å². The van der Waals surface area contributed by atoms with Gasteiger partial charge in [-0.05, 0) is 47.3 Å². The van der Waals surface area contributed by atoms with Gasteiger partial charge in [-0.2, -0.15) is 0 Å². The van der Waals surface area contributed by atoms with Gasteiger partial charge in [-0.3, -0.25) is 4.79 Å². The molecule has 0 rings (SSSR count). The molecular formula is C25H51NO. The van der Waals surface area contributed by atoms with E-state index in [1.54, 1.807) is 0 Å². The van der Waals surface area contributed by atoms with Crippen molar-refractivity contribution in [2.75, 3.05) is 13.1 Å². The highest BCUT2D eigenvalue weighted by Gasteiger charge is 2.37. The Labute approximate surface area is 171 Å². The Balaban J connectivity index is 5.41. The van der Waals surface area contributed by atoms with Gasteiger partial charge < -0.3 is 4.90 Å². The Hall–Kier alpha value is -0.530. The predicted octanol–water partition coefficient (Wildman–Crippen LogP) is 7.42. The summed E-state index contributed by atoms with van der Waals surface area (Å²) in [5.41, 5.74) is 0.429. The van der Waals surface area contributed by atoms with Crippen molar-refractivity contribution in [3.8, 4) is 0 Å². The van der Waals surface area contributed by atoms with Crippen LogP contribution in [0.25, 0.3) is 0 Å². The fraction of sp³-hybridized carbons (Fsp3) is 0.960. The second kappa shape index (κ2) is 9.31. The van der Waals surface area contributed by atoms with Crippen molar-refractivity contribution in [1.29, 1.82) is 0 Å². The molecule has 0 heterocycles. The summed E-state index contributed by atoms with van der Waals surface area (Å²) in [4.78, 5) is 15.8. The monoisotopic (exact) mass is 381 g/mol. The molecule has 2 atom stereocenters. The van der Waals surface area contributed by atoms with Crippen molar-refractivity contribution in [3.63, 3.8) is 0 Å². The second-order valence-electron chi connectivity index (χ2n) is 13.6. The first kappa shape index (κ1) is 26.5. The lowest BCUT2D eigenvalue weighted by molar-refractivity contribution is -0.143. The van der Waals surface area contributed by atoms with Crippen molar-refractivity contribution >= 4 is 5.91 Å². The molecule has 0 saturated carbocycles. The molecule has 0 aliphatic carbocycles. The molecule has 1 amide bonds. The Morgan fingerprint density at radius 2 is 1.00 bits per heavy atom. The molecule has 0 radical (unpaired) electrons. The molecule has 0 aliphatic heterocycles.